The molecule has 1 aromatic carbocycles. The number of rotatable bonds is 4. The van der Waals surface area contributed by atoms with Gasteiger partial charge in [0.05, 0.1) is 17.8 Å². The molecule has 1 N–H and O–H groups in total. The van der Waals surface area contributed by atoms with Gasteiger partial charge in [0.25, 0.3) is 5.56 Å². The van der Waals surface area contributed by atoms with Gasteiger partial charge in [0.15, 0.2) is 0 Å². The number of hydrogen-bond donors (Lipinski definition) is 1. The number of aromatic nitrogens is 2. The summed E-state index contributed by atoms with van der Waals surface area (Å²) >= 11 is 0. The first kappa shape index (κ1) is 18.4. The van der Waals surface area contributed by atoms with Crippen LogP contribution in [0, 0.1) is 0 Å². The molecule has 1 fully saturated rings. The fraction of sp³-hybridized carbons (Fsp3) is 0.417. The first-order valence-corrected chi connectivity index (χ1v) is 10.7. The van der Waals surface area contributed by atoms with Gasteiger partial charge in [-0.3, -0.25) is 9.69 Å². The van der Waals surface area contributed by atoms with E-state index in [1.165, 1.54) is 19.3 Å². The first-order valence-electron chi connectivity index (χ1n) is 10.7. The molecule has 5 rings (SSSR count). The van der Waals surface area contributed by atoms with Crippen LogP contribution in [0.25, 0.3) is 11.3 Å². The van der Waals surface area contributed by atoms with E-state index >= 15 is 0 Å². The van der Waals surface area contributed by atoms with E-state index in [9.17, 15) is 4.79 Å². The van der Waals surface area contributed by atoms with E-state index in [2.05, 4.69) is 22.0 Å². The lowest BCUT2D eigenvalue weighted by Gasteiger charge is -2.28. The number of hydrogen-bond acceptors (Lipinski definition) is 4. The average Bonchev–Trinajstić information content (AvgIpc) is 3.24. The van der Waals surface area contributed by atoms with Gasteiger partial charge >= 0.3 is 0 Å². The SMILES string of the molecule is O=c1[nH]c(C2CCCCC2)nc2c1CN(Cc1ccc(-c3ccccc3)o1)CC2. The van der Waals surface area contributed by atoms with Crippen LogP contribution in [-0.4, -0.2) is 21.4 Å². The zero-order valence-electron chi connectivity index (χ0n) is 16.7. The number of fused-ring (bicyclic) bond motifs is 1. The molecule has 2 aromatic heterocycles. The quantitative estimate of drug-likeness (QED) is 0.706. The molecular weight excluding hydrogens is 362 g/mol. The van der Waals surface area contributed by atoms with Crippen molar-refractivity contribution in [2.75, 3.05) is 6.54 Å². The Labute approximate surface area is 170 Å². The number of furan rings is 1. The highest BCUT2D eigenvalue weighted by molar-refractivity contribution is 5.57. The Bertz CT molecular complexity index is 1030. The minimum atomic E-state index is 0.0460. The maximum Gasteiger partial charge on any atom is 0.255 e. The highest BCUT2D eigenvalue weighted by Gasteiger charge is 2.25. The standard InChI is InChI=1S/C24H27N3O2/c28-24-20-16-27(15-19-11-12-22(29-19)17-7-3-1-4-8-17)14-13-21(20)25-23(26-24)18-9-5-2-6-10-18/h1,3-4,7-8,11-12,18H,2,5-6,9-10,13-16H2,(H,25,26,28). The Hall–Kier alpha value is -2.66. The second-order valence-electron chi connectivity index (χ2n) is 8.30. The van der Waals surface area contributed by atoms with Gasteiger partial charge in [-0.05, 0) is 25.0 Å². The molecule has 0 saturated heterocycles. The van der Waals surface area contributed by atoms with Crippen LogP contribution < -0.4 is 5.56 Å². The van der Waals surface area contributed by atoms with Crippen LogP contribution >= 0.6 is 0 Å². The number of nitrogens with zero attached hydrogens (tertiary/aromatic N) is 2. The summed E-state index contributed by atoms with van der Waals surface area (Å²) in [6.07, 6.45) is 6.91. The molecule has 2 aliphatic rings. The molecule has 3 heterocycles. The lowest BCUT2D eigenvalue weighted by molar-refractivity contribution is 0.222. The Morgan fingerprint density at radius 1 is 1.07 bits per heavy atom. The topological polar surface area (TPSA) is 62.1 Å². The molecule has 0 atom stereocenters. The van der Waals surface area contributed by atoms with Crippen LogP contribution in [0.15, 0.2) is 51.7 Å². The summed E-state index contributed by atoms with van der Waals surface area (Å²) in [7, 11) is 0. The van der Waals surface area contributed by atoms with Crippen molar-refractivity contribution in [3.8, 4) is 11.3 Å². The number of nitrogens with one attached hydrogen (secondary N) is 1. The lowest BCUT2D eigenvalue weighted by Crippen LogP contribution is -2.36. The minimum absolute atomic E-state index is 0.0460. The maximum absolute atomic E-state index is 12.8. The molecule has 0 unspecified atom stereocenters. The van der Waals surface area contributed by atoms with Crippen molar-refractivity contribution in [3.63, 3.8) is 0 Å². The van der Waals surface area contributed by atoms with Crippen molar-refractivity contribution in [1.29, 1.82) is 0 Å². The first-order chi connectivity index (χ1) is 14.3. The van der Waals surface area contributed by atoms with Crippen LogP contribution in [0.4, 0.5) is 0 Å². The summed E-state index contributed by atoms with van der Waals surface area (Å²) in [4.78, 5) is 23.0. The van der Waals surface area contributed by atoms with Gasteiger partial charge in [0.1, 0.15) is 17.3 Å². The van der Waals surface area contributed by atoms with E-state index in [1.807, 2.05) is 30.3 Å². The van der Waals surface area contributed by atoms with Crippen molar-refractivity contribution in [3.05, 3.63) is 75.7 Å². The monoisotopic (exact) mass is 389 g/mol. The van der Waals surface area contributed by atoms with E-state index in [-0.39, 0.29) is 5.56 Å². The molecule has 0 spiro atoms. The van der Waals surface area contributed by atoms with Crippen molar-refractivity contribution in [2.45, 2.75) is 57.5 Å². The molecule has 3 aromatic rings. The molecule has 1 aliphatic carbocycles. The van der Waals surface area contributed by atoms with Crippen LogP contribution in [0.2, 0.25) is 0 Å². The zero-order valence-corrected chi connectivity index (χ0v) is 16.7. The zero-order chi connectivity index (χ0) is 19.6. The average molecular weight is 389 g/mol. The van der Waals surface area contributed by atoms with Gasteiger partial charge in [-0.15, -0.1) is 0 Å². The van der Waals surface area contributed by atoms with Crippen molar-refractivity contribution >= 4 is 0 Å². The third-order valence-corrected chi connectivity index (χ3v) is 6.26. The fourth-order valence-corrected chi connectivity index (χ4v) is 4.65. The Kier molecular flexibility index (Phi) is 5.06. The third kappa shape index (κ3) is 3.92. The van der Waals surface area contributed by atoms with Gasteiger partial charge in [0.2, 0.25) is 0 Å². The predicted octanol–water partition coefficient (Wildman–Crippen LogP) is 4.64. The highest BCUT2D eigenvalue weighted by Crippen LogP contribution is 2.31. The number of H-pyrrole nitrogens is 1. The van der Waals surface area contributed by atoms with E-state index < -0.39 is 0 Å². The Morgan fingerprint density at radius 2 is 1.90 bits per heavy atom. The van der Waals surface area contributed by atoms with Gasteiger partial charge in [-0.2, -0.15) is 0 Å². The lowest BCUT2D eigenvalue weighted by atomic mass is 9.88. The van der Waals surface area contributed by atoms with Crippen molar-refractivity contribution < 1.29 is 4.42 Å². The van der Waals surface area contributed by atoms with Crippen molar-refractivity contribution in [1.82, 2.24) is 14.9 Å². The minimum Gasteiger partial charge on any atom is -0.460 e. The smallest absolute Gasteiger partial charge is 0.255 e. The number of aromatic amines is 1. The normalized spacial score (nSPS) is 17.9. The van der Waals surface area contributed by atoms with E-state index in [1.54, 1.807) is 0 Å². The Morgan fingerprint density at radius 3 is 2.72 bits per heavy atom. The Balaban J connectivity index is 1.30. The molecular formula is C24H27N3O2. The molecule has 5 nitrogen and oxygen atoms in total. The maximum atomic E-state index is 12.8. The van der Waals surface area contributed by atoms with Gasteiger partial charge in [-0.25, -0.2) is 4.98 Å². The second-order valence-corrected chi connectivity index (χ2v) is 8.30. The summed E-state index contributed by atoms with van der Waals surface area (Å²) in [5.74, 6) is 3.16. The van der Waals surface area contributed by atoms with E-state index in [0.717, 1.165) is 60.0 Å². The van der Waals surface area contributed by atoms with Crippen LogP contribution in [-0.2, 0) is 19.5 Å². The molecule has 0 bridgehead atoms. The fourth-order valence-electron chi connectivity index (χ4n) is 4.65. The van der Waals surface area contributed by atoms with E-state index in [0.29, 0.717) is 19.0 Å². The van der Waals surface area contributed by atoms with Gasteiger partial charge < -0.3 is 9.40 Å². The van der Waals surface area contributed by atoms with Crippen molar-refractivity contribution in [2.24, 2.45) is 0 Å². The highest BCUT2D eigenvalue weighted by atomic mass is 16.3. The molecule has 1 aliphatic heterocycles. The second kappa shape index (κ2) is 7.99. The van der Waals surface area contributed by atoms with Gasteiger partial charge in [-0.1, -0.05) is 49.6 Å². The molecule has 29 heavy (non-hydrogen) atoms. The molecule has 0 amide bonds. The van der Waals surface area contributed by atoms with E-state index in [4.69, 9.17) is 9.40 Å². The summed E-state index contributed by atoms with van der Waals surface area (Å²) in [5, 5.41) is 0. The van der Waals surface area contributed by atoms with Crippen LogP contribution in [0.3, 0.4) is 0 Å². The molecule has 1 saturated carbocycles. The largest absolute Gasteiger partial charge is 0.460 e. The molecule has 0 radical (unpaired) electrons. The number of benzene rings is 1. The summed E-state index contributed by atoms with van der Waals surface area (Å²) in [6, 6.07) is 14.2. The van der Waals surface area contributed by atoms with Gasteiger partial charge in [0, 0.05) is 31.0 Å². The molecule has 150 valence electrons. The summed E-state index contributed by atoms with van der Waals surface area (Å²) in [6.45, 7) is 2.23. The summed E-state index contributed by atoms with van der Waals surface area (Å²) in [5.41, 5.74) is 2.95. The van der Waals surface area contributed by atoms with Crippen LogP contribution in [0.1, 0.15) is 60.9 Å². The predicted molar refractivity (Wildman–Crippen MR) is 113 cm³/mol. The third-order valence-electron chi connectivity index (χ3n) is 6.26. The summed E-state index contributed by atoms with van der Waals surface area (Å²) < 4.78 is 6.05. The van der Waals surface area contributed by atoms with Crippen LogP contribution in [0.5, 0.6) is 0 Å². The molecule has 5 heteroatoms.